The summed E-state index contributed by atoms with van der Waals surface area (Å²) in [6.45, 7) is 5.14. The van der Waals surface area contributed by atoms with Crippen molar-refractivity contribution in [2.45, 2.75) is 38.6 Å². The zero-order valence-electron chi connectivity index (χ0n) is 11.3. The van der Waals surface area contributed by atoms with Crippen LogP contribution in [-0.2, 0) is 11.2 Å². The van der Waals surface area contributed by atoms with Crippen molar-refractivity contribution in [2.24, 2.45) is 5.92 Å². The molecule has 2 rings (SSSR count). The van der Waals surface area contributed by atoms with Crippen LogP contribution >= 0.6 is 0 Å². The number of aromatic nitrogens is 1. The first kappa shape index (κ1) is 13.5. The summed E-state index contributed by atoms with van der Waals surface area (Å²) in [5, 5.41) is 3.68. The third-order valence-corrected chi connectivity index (χ3v) is 3.60. The van der Waals surface area contributed by atoms with Crippen molar-refractivity contribution in [2.75, 3.05) is 19.8 Å². The zero-order chi connectivity index (χ0) is 12.6. The molecule has 1 aromatic rings. The van der Waals surface area contributed by atoms with E-state index >= 15 is 0 Å². The highest BCUT2D eigenvalue weighted by Crippen LogP contribution is 2.20. The molecule has 0 radical (unpaired) electrons. The summed E-state index contributed by atoms with van der Waals surface area (Å²) in [5.74, 6) is 0.644. The Kier molecular flexibility index (Phi) is 5.62. The minimum atomic E-state index is 0.523. The number of hydrogen-bond acceptors (Lipinski definition) is 3. The van der Waals surface area contributed by atoms with Gasteiger partial charge >= 0.3 is 0 Å². The molecule has 0 saturated carbocycles. The van der Waals surface area contributed by atoms with Gasteiger partial charge in [-0.2, -0.15) is 0 Å². The Morgan fingerprint density at radius 2 is 2.50 bits per heavy atom. The molecule has 1 aliphatic heterocycles. The van der Waals surface area contributed by atoms with Gasteiger partial charge < -0.3 is 10.1 Å². The molecule has 1 aliphatic rings. The number of ether oxygens (including phenoxy) is 1. The summed E-state index contributed by atoms with van der Waals surface area (Å²) in [6, 6.07) is 4.70. The maximum atomic E-state index is 5.63. The molecule has 2 heterocycles. The first-order chi connectivity index (χ1) is 8.90. The van der Waals surface area contributed by atoms with Gasteiger partial charge in [0.25, 0.3) is 0 Å². The molecule has 0 aliphatic carbocycles. The summed E-state index contributed by atoms with van der Waals surface area (Å²) in [7, 11) is 0. The molecule has 3 nitrogen and oxygen atoms in total. The normalized spacial score (nSPS) is 21.7. The molecule has 1 aromatic heterocycles. The van der Waals surface area contributed by atoms with Crippen molar-refractivity contribution in [3.8, 4) is 0 Å². The second-order valence-corrected chi connectivity index (χ2v) is 5.10. The lowest BCUT2D eigenvalue weighted by atomic mass is 9.89. The topological polar surface area (TPSA) is 34.2 Å². The van der Waals surface area contributed by atoms with Crippen LogP contribution in [0.3, 0.4) is 0 Å². The van der Waals surface area contributed by atoms with E-state index in [1.54, 1.807) is 0 Å². The molecule has 1 saturated heterocycles. The summed E-state index contributed by atoms with van der Waals surface area (Å²) in [6.07, 6.45) is 8.52. The van der Waals surface area contributed by atoms with Crippen molar-refractivity contribution in [3.63, 3.8) is 0 Å². The molecule has 18 heavy (non-hydrogen) atoms. The van der Waals surface area contributed by atoms with Gasteiger partial charge in [0, 0.05) is 25.0 Å². The summed E-state index contributed by atoms with van der Waals surface area (Å²) < 4.78 is 5.63. The van der Waals surface area contributed by atoms with Crippen LogP contribution in [0, 0.1) is 5.92 Å². The van der Waals surface area contributed by atoms with Gasteiger partial charge in [-0.1, -0.05) is 13.0 Å². The van der Waals surface area contributed by atoms with E-state index in [0.717, 1.165) is 26.2 Å². The first-order valence-electron chi connectivity index (χ1n) is 7.10. The van der Waals surface area contributed by atoms with E-state index in [0.29, 0.717) is 12.0 Å². The summed E-state index contributed by atoms with van der Waals surface area (Å²) in [4.78, 5) is 4.20. The van der Waals surface area contributed by atoms with E-state index in [2.05, 4.69) is 23.3 Å². The van der Waals surface area contributed by atoms with E-state index in [4.69, 9.17) is 4.74 Å². The predicted octanol–water partition coefficient (Wildman–Crippen LogP) is 2.42. The highest BCUT2D eigenvalue weighted by molar-refractivity contribution is 5.10. The SMILES string of the molecule is CCCNC(Cc1cccnc1)C1CCCOC1. The average Bonchev–Trinajstić information content (AvgIpc) is 2.45. The maximum Gasteiger partial charge on any atom is 0.0509 e. The van der Waals surface area contributed by atoms with Gasteiger partial charge in [-0.25, -0.2) is 0 Å². The van der Waals surface area contributed by atoms with E-state index in [1.807, 2.05) is 18.5 Å². The fourth-order valence-corrected chi connectivity index (χ4v) is 2.59. The number of nitrogens with one attached hydrogen (secondary N) is 1. The van der Waals surface area contributed by atoms with Crippen LogP contribution in [0.25, 0.3) is 0 Å². The third-order valence-electron chi connectivity index (χ3n) is 3.60. The Bertz CT molecular complexity index is 323. The molecular weight excluding hydrogens is 224 g/mol. The Balaban J connectivity index is 1.95. The van der Waals surface area contributed by atoms with E-state index in [9.17, 15) is 0 Å². The van der Waals surface area contributed by atoms with Gasteiger partial charge in [-0.3, -0.25) is 4.98 Å². The van der Waals surface area contributed by atoms with Gasteiger partial charge in [-0.15, -0.1) is 0 Å². The van der Waals surface area contributed by atoms with Gasteiger partial charge in [0.05, 0.1) is 6.61 Å². The third kappa shape index (κ3) is 4.07. The van der Waals surface area contributed by atoms with Gasteiger partial charge in [0.15, 0.2) is 0 Å². The van der Waals surface area contributed by atoms with Gasteiger partial charge in [-0.05, 0) is 49.8 Å². The lowest BCUT2D eigenvalue weighted by Gasteiger charge is -2.31. The largest absolute Gasteiger partial charge is 0.381 e. The van der Waals surface area contributed by atoms with Crippen LogP contribution in [0.1, 0.15) is 31.7 Å². The smallest absolute Gasteiger partial charge is 0.0509 e. The minimum absolute atomic E-state index is 0.523. The van der Waals surface area contributed by atoms with E-state index < -0.39 is 0 Å². The predicted molar refractivity (Wildman–Crippen MR) is 73.6 cm³/mol. The lowest BCUT2D eigenvalue weighted by molar-refractivity contribution is 0.0393. The molecule has 1 fully saturated rings. The molecule has 3 heteroatoms. The molecule has 0 spiro atoms. The Labute approximate surface area is 110 Å². The van der Waals surface area contributed by atoms with Crippen LogP contribution in [0.4, 0.5) is 0 Å². The van der Waals surface area contributed by atoms with Crippen LogP contribution < -0.4 is 5.32 Å². The van der Waals surface area contributed by atoms with E-state index in [1.165, 1.54) is 24.8 Å². The number of rotatable bonds is 6. The molecule has 100 valence electrons. The summed E-state index contributed by atoms with van der Waals surface area (Å²) >= 11 is 0. The average molecular weight is 248 g/mol. The first-order valence-corrected chi connectivity index (χ1v) is 7.10. The Morgan fingerprint density at radius 1 is 1.56 bits per heavy atom. The van der Waals surface area contributed by atoms with Crippen molar-refractivity contribution in [3.05, 3.63) is 30.1 Å². The molecule has 0 bridgehead atoms. The second kappa shape index (κ2) is 7.49. The Morgan fingerprint density at radius 3 is 3.17 bits per heavy atom. The lowest BCUT2D eigenvalue weighted by Crippen LogP contribution is -2.42. The molecule has 0 aromatic carbocycles. The number of pyridine rings is 1. The zero-order valence-corrected chi connectivity index (χ0v) is 11.3. The van der Waals surface area contributed by atoms with Gasteiger partial charge in [0.1, 0.15) is 0 Å². The van der Waals surface area contributed by atoms with Crippen molar-refractivity contribution in [1.82, 2.24) is 10.3 Å². The molecule has 0 amide bonds. The standard InChI is InChI=1S/C15H24N2O/c1-2-7-17-15(14-6-4-9-18-12-14)10-13-5-3-8-16-11-13/h3,5,8,11,14-15,17H,2,4,6-7,9-10,12H2,1H3. The van der Waals surface area contributed by atoms with Crippen molar-refractivity contribution >= 4 is 0 Å². The molecular formula is C15H24N2O. The van der Waals surface area contributed by atoms with Gasteiger partial charge in [0.2, 0.25) is 0 Å². The highest BCUT2D eigenvalue weighted by Gasteiger charge is 2.23. The van der Waals surface area contributed by atoms with Crippen LogP contribution in [0.5, 0.6) is 0 Å². The number of hydrogen-bond donors (Lipinski definition) is 1. The van der Waals surface area contributed by atoms with Crippen LogP contribution in [0.2, 0.25) is 0 Å². The van der Waals surface area contributed by atoms with Crippen molar-refractivity contribution < 1.29 is 4.74 Å². The molecule has 1 N–H and O–H groups in total. The van der Waals surface area contributed by atoms with Crippen LogP contribution in [0.15, 0.2) is 24.5 Å². The molecule has 2 unspecified atom stereocenters. The van der Waals surface area contributed by atoms with Crippen molar-refractivity contribution in [1.29, 1.82) is 0 Å². The highest BCUT2D eigenvalue weighted by atomic mass is 16.5. The second-order valence-electron chi connectivity index (χ2n) is 5.10. The van der Waals surface area contributed by atoms with E-state index in [-0.39, 0.29) is 0 Å². The quantitative estimate of drug-likeness (QED) is 0.839. The summed E-state index contributed by atoms with van der Waals surface area (Å²) in [5.41, 5.74) is 1.32. The minimum Gasteiger partial charge on any atom is -0.381 e. The fourth-order valence-electron chi connectivity index (χ4n) is 2.59. The fraction of sp³-hybridized carbons (Fsp3) is 0.667. The maximum absolute atomic E-state index is 5.63. The monoisotopic (exact) mass is 248 g/mol. The molecule has 2 atom stereocenters. The number of nitrogens with zero attached hydrogens (tertiary/aromatic N) is 1. The van der Waals surface area contributed by atoms with Crippen LogP contribution in [-0.4, -0.2) is 30.8 Å². The Hall–Kier alpha value is -0.930.